The zero-order chi connectivity index (χ0) is 12.7. The van der Waals surface area contributed by atoms with Gasteiger partial charge in [0.2, 0.25) is 0 Å². The first-order valence-electron chi connectivity index (χ1n) is 1.74. The predicted octanol–water partition coefficient (Wildman–Crippen LogP) is 0.340. The second kappa shape index (κ2) is 17500. The van der Waals surface area contributed by atoms with E-state index in [0.717, 1.165) is 0 Å². The minimum Gasteiger partial charge on any atom is 5.00 e. The predicted molar refractivity (Wildman–Crippen MR) is 30.9 cm³/mol. The van der Waals surface area contributed by atoms with Gasteiger partial charge in [-0.3, -0.25) is 0 Å². The third kappa shape index (κ3) is 621. The minimum absolute atomic E-state index is 0. The summed E-state index contributed by atoms with van der Waals surface area (Å²) in [4.78, 5) is 0. The molecule has 0 aliphatic rings. The van der Waals surface area contributed by atoms with E-state index < -0.39 is 0 Å². The number of nitriles is 1. The van der Waals surface area contributed by atoms with Crippen LogP contribution in [0.2, 0.25) is 0 Å². The quantitative estimate of drug-likeness (QED) is 0.434. The van der Waals surface area contributed by atoms with E-state index in [1.807, 2.05) is 0 Å². The number of hydrogen-bond acceptors (Lipinski definition) is 1. The second-order valence-electron chi connectivity index (χ2n) is 0.224. The Bertz CT molecular complexity index is 138. The smallest absolute Gasteiger partial charge is 5.00 e. The molecule has 0 saturated heterocycles. The Morgan fingerprint density at radius 2 is 0.714 bits per heavy atom. The summed E-state index contributed by atoms with van der Waals surface area (Å²) < 4.78 is 37.5. The third-order valence-electron chi connectivity index (χ3n) is 0. The van der Waals surface area contributed by atoms with Crippen LogP contribution in [-0.2, 0) is 40.6 Å². The zero-order valence-electron chi connectivity index (χ0n) is 6.90. The fourth-order valence-electron chi connectivity index (χ4n) is 0. The first-order chi connectivity index (χ1) is 6.41. The van der Waals surface area contributed by atoms with Crippen LogP contribution in [0.1, 0.15) is 6.92 Å². The molecular formula is C7H3CrNO5+5. The maximum atomic E-state index is 7.50. The van der Waals surface area contributed by atoms with Crippen LogP contribution < -0.4 is 0 Å². The van der Waals surface area contributed by atoms with E-state index in [9.17, 15) is 0 Å². The van der Waals surface area contributed by atoms with Crippen molar-refractivity contribution >= 4 is 0 Å². The van der Waals surface area contributed by atoms with Crippen molar-refractivity contribution in [1.82, 2.24) is 0 Å². The van der Waals surface area contributed by atoms with Crippen LogP contribution >= 0.6 is 0 Å². The molecule has 0 saturated carbocycles. The van der Waals surface area contributed by atoms with Crippen LogP contribution in [0.15, 0.2) is 0 Å². The molecule has 0 spiro atoms. The molecule has 67 valence electrons. The fraction of sp³-hybridized carbons (Fsp3) is 0.143. The zero-order valence-corrected chi connectivity index (χ0v) is 8.17. The van der Waals surface area contributed by atoms with Gasteiger partial charge < -0.3 is 0 Å². The molecule has 0 atom stereocenters. The van der Waals surface area contributed by atoms with Gasteiger partial charge in [0, 0.05) is 6.92 Å². The Hall–Kier alpha value is -1.28. The van der Waals surface area contributed by atoms with Gasteiger partial charge in [0.15, 0.2) is 0 Å². The van der Waals surface area contributed by atoms with Crippen LogP contribution in [0.3, 0.4) is 0 Å². The molecule has 0 aromatic heterocycles. The van der Waals surface area contributed by atoms with E-state index >= 15 is 0 Å². The number of hydrogen-bond donors (Lipinski definition) is 0. The van der Waals surface area contributed by atoms with E-state index in [2.05, 4.69) is 33.3 Å². The van der Waals surface area contributed by atoms with Gasteiger partial charge in [-0.15, -0.1) is 0 Å². The molecule has 0 aliphatic carbocycles. The summed E-state index contributed by atoms with van der Waals surface area (Å²) in [6, 6.07) is 1.75. The van der Waals surface area contributed by atoms with Crippen molar-refractivity contribution in [3.63, 3.8) is 0 Å². The summed E-state index contributed by atoms with van der Waals surface area (Å²) in [6.07, 6.45) is 0. The summed E-state index contributed by atoms with van der Waals surface area (Å²) in [5, 5.41) is 7.32. The van der Waals surface area contributed by atoms with Crippen LogP contribution in [0.4, 0.5) is 0 Å². The first kappa shape index (κ1) is 53.4. The van der Waals surface area contributed by atoms with Crippen molar-refractivity contribution in [1.29, 1.82) is 5.26 Å². The Morgan fingerprint density at radius 3 is 0.714 bits per heavy atom. The van der Waals surface area contributed by atoms with Crippen molar-refractivity contribution in [3.8, 4) is 6.07 Å². The van der Waals surface area contributed by atoms with Crippen molar-refractivity contribution in [3.05, 3.63) is 33.3 Å². The molecule has 0 amide bonds. The van der Waals surface area contributed by atoms with Gasteiger partial charge in [-0.1, -0.05) is 0 Å². The average Bonchev–Trinajstić information content (AvgIpc) is 2.32. The number of rotatable bonds is 0. The van der Waals surface area contributed by atoms with Crippen LogP contribution in [0.25, 0.3) is 0 Å². The topological polar surface area (TPSA) is 123 Å². The van der Waals surface area contributed by atoms with Gasteiger partial charge in [-0.25, -0.2) is 0 Å². The van der Waals surface area contributed by atoms with E-state index in [1.54, 1.807) is 6.07 Å². The Labute approximate surface area is 92.6 Å². The summed E-state index contributed by atoms with van der Waals surface area (Å²) in [7, 11) is 0. The molecule has 7 heteroatoms. The molecule has 0 rings (SSSR count). The molecule has 0 bridgehead atoms. The van der Waals surface area contributed by atoms with Gasteiger partial charge in [0.05, 0.1) is 6.07 Å². The van der Waals surface area contributed by atoms with Gasteiger partial charge >= 0.3 is 73.9 Å². The minimum atomic E-state index is 0. The molecule has 1 radical (unpaired) electrons. The fourth-order valence-corrected chi connectivity index (χ4v) is 0. The van der Waals surface area contributed by atoms with E-state index in [-0.39, 0.29) is 17.4 Å². The SMILES string of the molecule is CC#N.[C-]#[O+].[C-]#[O+].[C-]#[O+].[C-]#[O+].[C-]#[O+].[Cr+5]. The van der Waals surface area contributed by atoms with Crippen LogP contribution in [0.5, 0.6) is 0 Å². The first-order valence-corrected chi connectivity index (χ1v) is 1.74. The molecule has 6 nitrogen and oxygen atoms in total. The maximum absolute atomic E-state index is 7.50. The Kier molecular flexibility index (Phi) is 66700. The molecule has 0 fully saturated rings. The summed E-state index contributed by atoms with van der Waals surface area (Å²) in [6.45, 7) is 23.9. The van der Waals surface area contributed by atoms with E-state index in [0.29, 0.717) is 0 Å². The second-order valence-corrected chi connectivity index (χ2v) is 0.224. The Morgan fingerprint density at radius 1 is 0.714 bits per heavy atom. The van der Waals surface area contributed by atoms with E-state index in [1.165, 1.54) is 6.92 Å². The van der Waals surface area contributed by atoms with Gasteiger partial charge in [-0.05, 0) is 0 Å². The van der Waals surface area contributed by atoms with Gasteiger partial charge in [-0.2, -0.15) is 5.26 Å². The Balaban J connectivity index is -0.00000000838. The summed E-state index contributed by atoms with van der Waals surface area (Å²) in [5.74, 6) is 0. The molecule has 0 aliphatic heterocycles. The molecule has 0 heterocycles. The molecule has 0 N–H and O–H groups in total. The molecule has 14 heavy (non-hydrogen) atoms. The van der Waals surface area contributed by atoms with Crippen molar-refractivity contribution in [2.45, 2.75) is 6.92 Å². The number of nitrogens with zero attached hydrogens (tertiary/aromatic N) is 1. The average molecular weight is 233 g/mol. The van der Waals surface area contributed by atoms with E-state index in [4.69, 9.17) is 28.5 Å². The molecule has 0 aromatic rings. The standard InChI is InChI=1S/C2H3N.5CO.Cr/c1-2-3;5*1-2;/h1H3;;;;;;/q;;;;;;+5. The third-order valence-corrected chi connectivity index (χ3v) is 0. The van der Waals surface area contributed by atoms with Crippen molar-refractivity contribution in [2.75, 3.05) is 0 Å². The van der Waals surface area contributed by atoms with Crippen molar-refractivity contribution < 1.29 is 40.6 Å². The van der Waals surface area contributed by atoms with Crippen LogP contribution in [0, 0.1) is 44.6 Å². The maximum Gasteiger partial charge on any atom is 5.00 e. The van der Waals surface area contributed by atoms with Gasteiger partial charge in [0.1, 0.15) is 0 Å². The largest absolute Gasteiger partial charge is 5.00 e. The molecule has 0 aromatic carbocycles. The van der Waals surface area contributed by atoms with Crippen LogP contribution in [-0.4, -0.2) is 0 Å². The summed E-state index contributed by atoms with van der Waals surface area (Å²) in [5.41, 5.74) is 0. The monoisotopic (exact) mass is 233 g/mol. The van der Waals surface area contributed by atoms with Gasteiger partial charge in [0.25, 0.3) is 0 Å². The molecule has 0 unspecified atom stereocenters. The van der Waals surface area contributed by atoms with Crippen molar-refractivity contribution in [2.24, 2.45) is 0 Å². The normalized spacial score (nSPS) is 1.29. The summed E-state index contributed by atoms with van der Waals surface area (Å²) >= 11 is 0. The molecular weight excluding hydrogens is 230 g/mol.